The van der Waals surface area contributed by atoms with Gasteiger partial charge in [-0.3, -0.25) is 0 Å². The van der Waals surface area contributed by atoms with E-state index in [0.29, 0.717) is 6.04 Å². The first-order valence-corrected chi connectivity index (χ1v) is 9.28. The second-order valence-corrected chi connectivity index (χ2v) is 7.16. The van der Waals surface area contributed by atoms with Crippen LogP contribution in [0, 0.1) is 5.82 Å². The first kappa shape index (κ1) is 16.5. The molecule has 21 heavy (non-hydrogen) atoms. The highest BCUT2D eigenvalue weighted by molar-refractivity contribution is 7.99. The number of benzene rings is 1. The predicted octanol–water partition coefficient (Wildman–Crippen LogP) is 4.98. The Morgan fingerprint density at radius 3 is 2.71 bits per heavy atom. The Balaban J connectivity index is 1.81. The second-order valence-electron chi connectivity index (χ2n) is 5.03. The van der Waals surface area contributed by atoms with E-state index in [2.05, 4.69) is 29.8 Å². The van der Waals surface area contributed by atoms with Crippen LogP contribution in [0.3, 0.4) is 0 Å². The molecule has 1 aromatic heterocycles. The zero-order valence-electron chi connectivity index (χ0n) is 12.3. The SMILES string of the molecule is CCCNC(CCc1cccs1)CSc1ccc(F)cc1. The lowest BCUT2D eigenvalue weighted by Crippen LogP contribution is -2.32. The number of rotatable bonds is 9. The van der Waals surface area contributed by atoms with Gasteiger partial charge in [0.15, 0.2) is 0 Å². The first-order chi connectivity index (χ1) is 10.3. The third-order valence-electron chi connectivity index (χ3n) is 3.27. The van der Waals surface area contributed by atoms with Crippen molar-refractivity contribution in [3.63, 3.8) is 0 Å². The van der Waals surface area contributed by atoms with Crippen LogP contribution in [0.4, 0.5) is 4.39 Å². The maximum atomic E-state index is 12.9. The van der Waals surface area contributed by atoms with Gasteiger partial charge in [0.25, 0.3) is 0 Å². The highest BCUT2D eigenvalue weighted by Crippen LogP contribution is 2.21. The molecular formula is C17H22FNS2. The predicted molar refractivity (Wildman–Crippen MR) is 91.8 cm³/mol. The van der Waals surface area contributed by atoms with Crippen LogP contribution in [0.15, 0.2) is 46.7 Å². The lowest BCUT2D eigenvalue weighted by molar-refractivity contribution is 0.521. The third kappa shape index (κ3) is 6.20. The van der Waals surface area contributed by atoms with Crippen LogP contribution in [0.2, 0.25) is 0 Å². The van der Waals surface area contributed by atoms with Crippen molar-refractivity contribution in [2.75, 3.05) is 12.3 Å². The molecule has 0 aliphatic carbocycles. The topological polar surface area (TPSA) is 12.0 Å². The van der Waals surface area contributed by atoms with Crippen LogP contribution in [-0.2, 0) is 6.42 Å². The zero-order chi connectivity index (χ0) is 14.9. The number of hydrogen-bond donors (Lipinski definition) is 1. The van der Waals surface area contributed by atoms with E-state index >= 15 is 0 Å². The monoisotopic (exact) mass is 323 g/mol. The van der Waals surface area contributed by atoms with Gasteiger partial charge in [0.1, 0.15) is 5.82 Å². The van der Waals surface area contributed by atoms with Crippen LogP contribution >= 0.6 is 23.1 Å². The third-order valence-corrected chi connectivity index (χ3v) is 5.38. The van der Waals surface area contributed by atoms with Gasteiger partial charge in [-0.1, -0.05) is 13.0 Å². The molecule has 1 heterocycles. The largest absolute Gasteiger partial charge is 0.313 e. The molecule has 0 fully saturated rings. The van der Waals surface area contributed by atoms with Crippen molar-refractivity contribution in [2.24, 2.45) is 0 Å². The molecule has 0 spiro atoms. The molecular weight excluding hydrogens is 301 g/mol. The van der Waals surface area contributed by atoms with E-state index in [1.54, 1.807) is 11.8 Å². The van der Waals surface area contributed by atoms with Gasteiger partial charge in [0, 0.05) is 21.6 Å². The number of thioether (sulfide) groups is 1. The summed E-state index contributed by atoms with van der Waals surface area (Å²) in [6.45, 7) is 3.25. The Hall–Kier alpha value is -0.840. The number of halogens is 1. The van der Waals surface area contributed by atoms with Gasteiger partial charge in [-0.15, -0.1) is 23.1 Å². The summed E-state index contributed by atoms with van der Waals surface area (Å²) in [7, 11) is 0. The molecule has 0 saturated carbocycles. The summed E-state index contributed by atoms with van der Waals surface area (Å²) in [5, 5.41) is 5.76. The Morgan fingerprint density at radius 2 is 2.05 bits per heavy atom. The van der Waals surface area contributed by atoms with Crippen molar-refractivity contribution in [2.45, 2.75) is 37.1 Å². The molecule has 2 rings (SSSR count). The van der Waals surface area contributed by atoms with E-state index in [9.17, 15) is 4.39 Å². The van der Waals surface area contributed by atoms with Crippen molar-refractivity contribution < 1.29 is 4.39 Å². The maximum Gasteiger partial charge on any atom is 0.123 e. The van der Waals surface area contributed by atoms with E-state index in [1.165, 1.54) is 17.0 Å². The molecule has 1 nitrogen and oxygen atoms in total. The molecule has 0 saturated heterocycles. The highest BCUT2D eigenvalue weighted by atomic mass is 32.2. The molecule has 0 aliphatic heterocycles. The molecule has 2 aromatic rings. The Bertz CT molecular complexity index is 496. The van der Waals surface area contributed by atoms with Crippen molar-refractivity contribution >= 4 is 23.1 Å². The Labute approximate surface area is 135 Å². The van der Waals surface area contributed by atoms with E-state index in [4.69, 9.17) is 0 Å². The molecule has 0 radical (unpaired) electrons. The number of nitrogens with one attached hydrogen (secondary N) is 1. The standard InChI is InChI=1S/C17H22FNS2/c1-2-11-19-15(7-10-16-4-3-12-20-16)13-21-17-8-5-14(18)6-9-17/h3-6,8-9,12,15,19H,2,7,10-11,13H2,1H3. The second kappa shape index (κ2) is 9.23. The van der Waals surface area contributed by atoms with Crippen LogP contribution in [-0.4, -0.2) is 18.3 Å². The van der Waals surface area contributed by atoms with Crippen LogP contribution < -0.4 is 5.32 Å². The fourth-order valence-electron chi connectivity index (χ4n) is 2.09. The number of hydrogen-bond acceptors (Lipinski definition) is 3. The summed E-state index contributed by atoms with van der Waals surface area (Å²) in [5.41, 5.74) is 0. The van der Waals surface area contributed by atoms with Gasteiger partial charge >= 0.3 is 0 Å². The number of thiophene rings is 1. The molecule has 0 bridgehead atoms. The fraction of sp³-hybridized carbons (Fsp3) is 0.412. The Kier molecular flexibility index (Phi) is 7.27. The van der Waals surface area contributed by atoms with Crippen molar-refractivity contribution in [1.29, 1.82) is 0 Å². The van der Waals surface area contributed by atoms with Gasteiger partial charge in [-0.05, 0) is 61.5 Å². The van der Waals surface area contributed by atoms with Gasteiger partial charge in [0.2, 0.25) is 0 Å². The summed E-state index contributed by atoms with van der Waals surface area (Å²) in [6.07, 6.45) is 3.43. The van der Waals surface area contributed by atoms with Gasteiger partial charge < -0.3 is 5.32 Å². The average Bonchev–Trinajstić information content (AvgIpc) is 3.01. The van der Waals surface area contributed by atoms with Gasteiger partial charge in [-0.25, -0.2) is 4.39 Å². The van der Waals surface area contributed by atoms with Crippen LogP contribution in [0.1, 0.15) is 24.6 Å². The minimum absolute atomic E-state index is 0.169. The fourth-order valence-corrected chi connectivity index (χ4v) is 3.82. The number of aryl methyl sites for hydroxylation is 1. The summed E-state index contributed by atoms with van der Waals surface area (Å²) in [4.78, 5) is 2.58. The Morgan fingerprint density at radius 1 is 1.24 bits per heavy atom. The minimum Gasteiger partial charge on any atom is -0.313 e. The molecule has 114 valence electrons. The molecule has 1 atom stereocenters. The average molecular weight is 324 g/mol. The lowest BCUT2D eigenvalue weighted by Gasteiger charge is -2.18. The molecule has 0 aliphatic rings. The molecule has 1 aromatic carbocycles. The lowest BCUT2D eigenvalue weighted by atomic mass is 10.1. The molecule has 0 amide bonds. The van der Waals surface area contributed by atoms with Gasteiger partial charge in [-0.2, -0.15) is 0 Å². The van der Waals surface area contributed by atoms with Crippen molar-refractivity contribution in [3.05, 3.63) is 52.5 Å². The molecule has 1 unspecified atom stereocenters. The summed E-state index contributed by atoms with van der Waals surface area (Å²) < 4.78 is 12.9. The first-order valence-electron chi connectivity index (χ1n) is 7.42. The van der Waals surface area contributed by atoms with Crippen molar-refractivity contribution in [1.82, 2.24) is 5.32 Å². The zero-order valence-corrected chi connectivity index (χ0v) is 14.0. The van der Waals surface area contributed by atoms with E-state index in [0.717, 1.165) is 36.5 Å². The molecule has 4 heteroatoms. The quantitative estimate of drug-likeness (QED) is 0.653. The maximum absolute atomic E-state index is 12.9. The normalized spacial score (nSPS) is 12.5. The van der Waals surface area contributed by atoms with Crippen LogP contribution in [0.5, 0.6) is 0 Å². The molecule has 1 N–H and O–H groups in total. The summed E-state index contributed by atoms with van der Waals surface area (Å²) in [6, 6.07) is 11.6. The van der Waals surface area contributed by atoms with E-state index in [-0.39, 0.29) is 5.82 Å². The smallest absolute Gasteiger partial charge is 0.123 e. The van der Waals surface area contributed by atoms with Crippen molar-refractivity contribution in [3.8, 4) is 0 Å². The van der Waals surface area contributed by atoms with E-state index < -0.39 is 0 Å². The summed E-state index contributed by atoms with van der Waals surface area (Å²) >= 11 is 3.63. The summed E-state index contributed by atoms with van der Waals surface area (Å²) in [5.74, 6) is 0.856. The highest BCUT2D eigenvalue weighted by Gasteiger charge is 2.09. The van der Waals surface area contributed by atoms with Crippen LogP contribution in [0.25, 0.3) is 0 Å². The van der Waals surface area contributed by atoms with Gasteiger partial charge in [0.05, 0.1) is 0 Å². The minimum atomic E-state index is -0.169. The van der Waals surface area contributed by atoms with E-state index in [1.807, 2.05) is 23.5 Å².